The molecule has 1 aliphatic rings. The molecular weight excluding hydrogens is 759 g/mol. The van der Waals surface area contributed by atoms with Crippen LogP contribution >= 0.6 is 23.5 Å². The van der Waals surface area contributed by atoms with Crippen molar-refractivity contribution >= 4 is 58.8 Å². The Kier molecular flexibility index (Phi) is 23.4. The van der Waals surface area contributed by atoms with Gasteiger partial charge in [0, 0.05) is 30.3 Å². The van der Waals surface area contributed by atoms with Crippen LogP contribution in [0.3, 0.4) is 0 Å². The van der Waals surface area contributed by atoms with Crippen LogP contribution in [0.15, 0.2) is 24.3 Å². The number of rotatable bonds is 9. The van der Waals surface area contributed by atoms with Crippen LogP contribution in [0.1, 0.15) is 59.9 Å². The number of nitrogens with zero attached hydrogens (tertiary/aromatic N) is 1. The summed E-state index contributed by atoms with van der Waals surface area (Å²) in [7, 11) is 0. The summed E-state index contributed by atoms with van der Waals surface area (Å²) >= 11 is 3.39. The van der Waals surface area contributed by atoms with Crippen molar-refractivity contribution in [2.75, 3.05) is 30.6 Å². The Morgan fingerprint density at radius 3 is 1.92 bits per heavy atom. The SMILES string of the molecule is CSCC[C@@H](Cc1cc(F)c(F)cc1F)NC(=O)OC(C)(C)C.CSCC[C@H]1CN1C(=O)OC(C)(C)C.Fc1[c-]cc(F)c(F)c1.[Br-].[Mg+2]. The molecule has 0 radical (unpaired) electrons. The molecule has 0 spiro atoms. The minimum atomic E-state index is -1.23. The number of hydrogen-bond donors (Lipinski definition) is 1. The average Bonchev–Trinajstić information content (AvgIpc) is 3.70. The summed E-state index contributed by atoms with van der Waals surface area (Å²) in [5, 5.41) is 2.66. The van der Waals surface area contributed by atoms with Crippen molar-refractivity contribution in [3.8, 4) is 0 Å². The van der Waals surface area contributed by atoms with E-state index >= 15 is 0 Å². The summed E-state index contributed by atoms with van der Waals surface area (Å²) in [5.74, 6) is -4.50. The predicted octanol–water partition coefficient (Wildman–Crippen LogP) is 5.18. The predicted molar refractivity (Wildman–Crippen MR) is 177 cm³/mol. The Morgan fingerprint density at radius 1 is 0.875 bits per heavy atom. The van der Waals surface area contributed by atoms with Crippen molar-refractivity contribution in [3.63, 3.8) is 0 Å². The van der Waals surface area contributed by atoms with Gasteiger partial charge >= 0.3 is 35.2 Å². The standard InChI is InChI=1S/C16H22F3NO2S.C10H19NO2S.C6H2F3.BrH.Mg/c1-16(2,3)22-15(21)20-11(5-6-23-4)7-10-8-13(18)14(19)9-12(10)17;1-10(2,3)13-9(12)11-7-8(11)5-6-14-4;7-4-1-2-5(8)6(9)3-4;;/h8-9,11H,5-7H2,1-4H3,(H,20,21);8H,5-7H2,1-4H3;2-3H;1H;/q;;-1;;+2/p-1/t11-;8-,11?;;;/m00.../s1. The van der Waals surface area contributed by atoms with Crippen LogP contribution in [-0.2, 0) is 15.9 Å². The van der Waals surface area contributed by atoms with Crippen LogP contribution in [0.4, 0.5) is 35.9 Å². The molecule has 6 nitrogen and oxygen atoms in total. The smallest absolute Gasteiger partial charge is 1.00 e. The van der Waals surface area contributed by atoms with Crippen LogP contribution in [0, 0.1) is 41.0 Å². The van der Waals surface area contributed by atoms with Gasteiger partial charge in [-0.15, -0.1) is 12.1 Å². The number of ether oxygens (including phenoxy) is 2. The molecular formula is C32H43BrF6MgN2O4S2. The summed E-state index contributed by atoms with van der Waals surface area (Å²) < 4.78 is 86.2. The van der Waals surface area contributed by atoms with E-state index in [1.165, 1.54) is 0 Å². The number of benzene rings is 2. The molecule has 0 aliphatic carbocycles. The molecule has 268 valence electrons. The minimum Gasteiger partial charge on any atom is -1.00 e. The minimum absolute atomic E-state index is 0. The fourth-order valence-corrected chi connectivity index (χ4v) is 4.62. The van der Waals surface area contributed by atoms with Gasteiger partial charge < -0.3 is 36.7 Å². The summed E-state index contributed by atoms with van der Waals surface area (Å²) in [4.78, 5) is 25.1. The number of nitrogens with one attached hydrogen (secondary N) is 1. The number of hydrogen-bond acceptors (Lipinski definition) is 6. The quantitative estimate of drug-likeness (QED) is 0.124. The largest absolute Gasteiger partial charge is 2.00 e. The third-order valence-corrected chi connectivity index (χ3v) is 7.05. The first-order chi connectivity index (χ1) is 21.3. The maximum absolute atomic E-state index is 13.8. The fraction of sp³-hybridized carbons (Fsp3) is 0.562. The van der Waals surface area contributed by atoms with Gasteiger partial charge in [0.1, 0.15) is 17.0 Å². The van der Waals surface area contributed by atoms with E-state index in [4.69, 9.17) is 9.47 Å². The molecule has 16 heteroatoms. The second kappa shape index (κ2) is 23.1. The second-order valence-corrected chi connectivity index (χ2v) is 14.2. The van der Waals surface area contributed by atoms with E-state index < -0.39 is 52.6 Å². The zero-order valence-electron chi connectivity index (χ0n) is 28.5. The van der Waals surface area contributed by atoms with Gasteiger partial charge in [-0.2, -0.15) is 23.5 Å². The Morgan fingerprint density at radius 2 is 1.42 bits per heavy atom. The van der Waals surface area contributed by atoms with E-state index in [1.54, 1.807) is 37.4 Å². The summed E-state index contributed by atoms with van der Waals surface area (Å²) in [6.07, 6.45) is 4.90. The number of alkyl carbamates (subject to hydrolysis) is 1. The maximum Gasteiger partial charge on any atom is 2.00 e. The van der Waals surface area contributed by atoms with Gasteiger partial charge in [-0.3, -0.25) is 4.39 Å². The summed E-state index contributed by atoms with van der Waals surface area (Å²) in [6.45, 7) is 11.8. The molecule has 1 fully saturated rings. The molecule has 1 N–H and O–H groups in total. The molecule has 3 rings (SSSR count). The van der Waals surface area contributed by atoms with E-state index in [1.807, 2.05) is 44.9 Å². The first-order valence-electron chi connectivity index (χ1n) is 14.4. The first kappa shape index (κ1) is 48.6. The maximum atomic E-state index is 13.8. The van der Waals surface area contributed by atoms with Gasteiger partial charge in [0.2, 0.25) is 0 Å². The summed E-state index contributed by atoms with van der Waals surface area (Å²) in [5.41, 5.74) is -1.00. The van der Waals surface area contributed by atoms with Crippen LogP contribution < -0.4 is 22.3 Å². The van der Waals surface area contributed by atoms with Crippen molar-refractivity contribution in [1.82, 2.24) is 10.2 Å². The van der Waals surface area contributed by atoms with Gasteiger partial charge in [0.15, 0.2) is 11.6 Å². The van der Waals surface area contributed by atoms with E-state index in [2.05, 4.69) is 11.6 Å². The van der Waals surface area contributed by atoms with Crippen molar-refractivity contribution in [2.24, 2.45) is 0 Å². The molecule has 1 aliphatic heterocycles. The van der Waals surface area contributed by atoms with Gasteiger partial charge in [-0.05, 0) is 96.5 Å². The Balaban J connectivity index is 0. The van der Waals surface area contributed by atoms with E-state index in [9.17, 15) is 35.9 Å². The Hall–Kier alpha value is -1.49. The molecule has 0 saturated carbocycles. The molecule has 0 bridgehead atoms. The van der Waals surface area contributed by atoms with Gasteiger partial charge in [0.05, 0.1) is 11.9 Å². The van der Waals surface area contributed by atoms with Crippen LogP contribution in [-0.4, -0.2) is 94.0 Å². The zero-order valence-corrected chi connectivity index (χ0v) is 33.1. The van der Waals surface area contributed by atoms with Crippen molar-refractivity contribution < 1.29 is 62.4 Å². The van der Waals surface area contributed by atoms with Gasteiger partial charge in [0.25, 0.3) is 0 Å². The van der Waals surface area contributed by atoms with Crippen LogP contribution in [0.2, 0.25) is 0 Å². The fourth-order valence-electron chi connectivity index (χ4n) is 3.59. The molecule has 2 amide bonds. The van der Waals surface area contributed by atoms with Crippen molar-refractivity contribution in [3.05, 3.63) is 70.8 Å². The van der Waals surface area contributed by atoms with Gasteiger partial charge in [-0.1, -0.05) is 6.07 Å². The number of amides is 2. The molecule has 48 heavy (non-hydrogen) atoms. The molecule has 0 aromatic heterocycles. The number of halogens is 7. The van der Waals surface area contributed by atoms with Crippen molar-refractivity contribution in [1.29, 1.82) is 0 Å². The van der Waals surface area contributed by atoms with Gasteiger partial charge in [-0.25, -0.2) is 31.5 Å². The Bertz CT molecular complexity index is 1290. The third-order valence-electron chi connectivity index (χ3n) is 5.76. The van der Waals surface area contributed by atoms with Crippen LogP contribution in [0.25, 0.3) is 0 Å². The van der Waals surface area contributed by atoms with Crippen LogP contribution in [0.5, 0.6) is 0 Å². The second-order valence-electron chi connectivity index (χ2n) is 12.2. The topological polar surface area (TPSA) is 67.6 Å². The third kappa shape index (κ3) is 20.9. The molecule has 2 aromatic rings. The average molecular weight is 802 g/mol. The zero-order chi connectivity index (χ0) is 35.2. The number of carbonyl (C=O) groups excluding carboxylic acids is 2. The monoisotopic (exact) mass is 800 g/mol. The summed E-state index contributed by atoms with van der Waals surface area (Å²) in [6, 6.07) is 4.25. The molecule has 0 unspecified atom stereocenters. The number of carbonyl (C=O) groups is 2. The Labute approximate surface area is 315 Å². The number of thioether (sulfide) groups is 2. The molecule has 1 heterocycles. The van der Waals surface area contributed by atoms with E-state index in [-0.39, 0.29) is 63.7 Å². The molecule has 2 aromatic carbocycles. The first-order valence-corrected chi connectivity index (χ1v) is 17.2. The van der Waals surface area contributed by atoms with E-state index in [0.29, 0.717) is 30.7 Å². The molecule has 1 saturated heterocycles. The normalized spacial score (nSPS) is 14.0. The van der Waals surface area contributed by atoms with Crippen molar-refractivity contribution in [2.45, 2.75) is 84.1 Å². The van der Waals surface area contributed by atoms with E-state index in [0.717, 1.165) is 30.5 Å². The molecule has 2 atom stereocenters.